The van der Waals surface area contributed by atoms with Crippen LogP contribution in [-0.4, -0.2) is 15.5 Å². The molecule has 0 aliphatic carbocycles. The van der Waals surface area contributed by atoms with Crippen LogP contribution >= 0.6 is 34.8 Å². The van der Waals surface area contributed by atoms with Crippen LogP contribution in [0.5, 0.6) is 5.75 Å². The molecular formula is C21H14Cl3N3O4. The minimum atomic E-state index is -0.444. The van der Waals surface area contributed by atoms with E-state index in [0.29, 0.717) is 38.6 Å². The Morgan fingerprint density at radius 2 is 1.84 bits per heavy atom. The number of carbonyl (C=O) groups excluding carboxylic acids is 1. The number of hydrogen-bond donors (Lipinski definition) is 1. The smallest absolute Gasteiger partial charge is 0.287 e. The SMILES string of the molecule is Cc1cc2nc(COc3cc(Cl)ccc3NC(=O)c3ccc(Cl)cc3Cl)cc(=O)n2o1. The third kappa shape index (κ3) is 4.69. The van der Waals surface area contributed by atoms with Gasteiger partial charge >= 0.3 is 0 Å². The summed E-state index contributed by atoms with van der Waals surface area (Å²) in [5.74, 6) is 0.417. The summed E-state index contributed by atoms with van der Waals surface area (Å²) in [5, 5.41) is 3.79. The zero-order valence-corrected chi connectivity index (χ0v) is 18.3. The van der Waals surface area contributed by atoms with E-state index in [4.69, 9.17) is 44.1 Å². The normalized spacial score (nSPS) is 11.0. The van der Waals surface area contributed by atoms with Gasteiger partial charge in [-0.15, -0.1) is 4.57 Å². The summed E-state index contributed by atoms with van der Waals surface area (Å²) < 4.78 is 12.2. The molecule has 1 N–H and O–H groups in total. The zero-order chi connectivity index (χ0) is 22.1. The third-order valence-electron chi connectivity index (χ3n) is 4.27. The molecule has 10 heteroatoms. The highest BCUT2D eigenvalue weighted by molar-refractivity contribution is 6.37. The van der Waals surface area contributed by atoms with Gasteiger partial charge in [0.2, 0.25) is 0 Å². The average molecular weight is 479 g/mol. The number of halogens is 3. The predicted octanol–water partition coefficient (Wildman–Crippen LogP) is 5.39. The summed E-state index contributed by atoms with van der Waals surface area (Å²) in [6, 6.07) is 12.3. The number of amides is 1. The quantitative estimate of drug-likeness (QED) is 0.416. The standard InChI is InChI=1S/C21H14Cl3N3O4/c1-11-6-19-25-14(9-20(28)27(19)31-11)10-30-18-8-13(23)3-5-17(18)26-21(29)15-4-2-12(22)7-16(15)24/h2-9H,10H2,1H3,(H,26,29). The number of anilines is 1. The van der Waals surface area contributed by atoms with E-state index in [1.54, 1.807) is 37.3 Å². The first kappa shape index (κ1) is 21.2. The maximum absolute atomic E-state index is 12.7. The van der Waals surface area contributed by atoms with Crippen LogP contribution in [0.25, 0.3) is 5.65 Å². The van der Waals surface area contributed by atoms with Crippen molar-refractivity contribution < 1.29 is 14.1 Å². The number of nitrogens with zero attached hydrogens (tertiary/aromatic N) is 2. The first-order valence-corrected chi connectivity index (χ1v) is 10.1. The molecule has 0 atom stereocenters. The lowest BCUT2D eigenvalue weighted by atomic mass is 10.2. The number of rotatable bonds is 5. The fourth-order valence-electron chi connectivity index (χ4n) is 2.88. The van der Waals surface area contributed by atoms with Gasteiger partial charge in [0.05, 0.1) is 22.0 Å². The van der Waals surface area contributed by atoms with Crippen molar-refractivity contribution in [2.45, 2.75) is 13.5 Å². The maximum Gasteiger partial charge on any atom is 0.287 e. The maximum atomic E-state index is 12.7. The van der Waals surface area contributed by atoms with E-state index in [-0.39, 0.29) is 22.8 Å². The van der Waals surface area contributed by atoms with E-state index in [1.165, 1.54) is 18.2 Å². The van der Waals surface area contributed by atoms with Gasteiger partial charge < -0.3 is 14.6 Å². The van der Waals surface area contributed by atoms with Gasteiger partial charge in [0.25, 0.3) is 11.5 Å². The van der Waals surface area contributed by atoms with Crippen LogP contribution in [0, 0.1) is 6.92 Å². The van der Waals surface area contributed by atoms with Crippen LogP contribution < -0.4 is 15.6 Å². The molecule has 31 heavy (non-hydrogen) atoms. The fraction of sp³-hybridized carbons (Fsp3) is 0.0952. The van der Waals surface area contributed by atoms with Crippen molar-refractivity contribution in [3.63, 3.8) is 0 Å². The van der Waals surface area contributed by atoms with E-state index in [2.05, 4.69) is 10.3 Å². The zero-order valence-electron chi connectivity index (χ0n) is 16.0. The second-order valence-electron chi connectivity index (χ2n) is 6.59. The van der Waals surface area contributed by atoms with Crippen molar-refractivity contribution in [3.8, 4) is 5.75 Å². The molecule has 0 aliphatic heterocycles. The van der Waals surface area contributed by atoms with Gasteiger partial charge in [-0.05, 0) is 37.3 Å². The van der Waals surface area contributed by atoms with Gasteiger partial charge in [-0.2, -0.15) is 0 Å². The number of ether oxygens (including phenoxy) is 1. The predicted molar refractivity (Wildman–Crippen MR) is 119 cm³/mol. The second-order valence-corrected chi connectivity index (χ2v) is 7.87. The Kier molecular flexibility index (Phi) is 5.91. The monoisotopic (exact) mass is 477 g/mol. The minimum absolute atomic E-state index is 0.0269. The Bertz CT molecular complexity index is 1360. The molecule has 2 heterocycles. The van der Waals surface area contributed by atoms with E-state index in [0.717, 1.165) is 4.57 Å². The van der Waals surface area contributed by atoms with Gasteiger partial charge in [-0.3, -0.25) is 9.59 Å². The number of carbonyl (C=O) groups is 1. The van der Waals surface area contributed by atoms with Crippen LogP contribution in [0.1, 0.15) is 21.8 Å². The summed E-state index contributed by atoms with van der Waals surface area (Å²) in [4.78, 5) is 29.2. The Labute approximate surface area is 191 Å². The number of aryl methyl sites for hydroxylation is 1. The van der Waals surface area contributed by atoms with Crippen LogP contribution in [0.2, 0.25) is 15.1 Å². The molecule has 0 bridgehead atoms. The highest BCUT2D eigenvalue weighted by Gasteiger charge is 2.15. The summed E-state index contributed by atoms with van der Waals surface area (Å²) in [6.07, 6.45) is 0. The lowest BCUT2D eigenvalue weighted by Gasteiger charge is -2.13. The number of benzene rings is 2. The lowest BCUT2D eigenvalue weighted by molar-refractivity contribution is 0.102. The number of nitrogens with one attached hydrogen (secondary N) is 1. The Morgan fingerprint density at radius 1 is 1.10 bits per heavy atom. The minimum Gasteiger partial charge on any atom is -0.485 e. The molecule has 0 aliphatic rings. The highest BCUT2D eigenvalue weighted by Crippen LogP contribution is 2.30. The van der Waals surface area contributed by atoms with Crippen LogP contribution in [-0.2, 0) is 6.61 Å². The molecule has 0 saturated carbocycles. The molecule has 0 unspecified atom stereocenters. The molecule has 2 aromatic heterocycles. The third-order valence-corrected chi connectivity index (χ3v) is 5.05. The van der Waals surface area contributed by atoms with Crippen LogP contribution in [0.4, 0.5) is 5.69 Å². The fourth-order valence-corrected chi connectivity index (χ4v) is 3.54. The molecule has 4 aromatic rings. The molecule has 0 radical (unpaired) electrons. The molecule has 4 rings (SSSR count). The molecule has 0 saturated heterocycles. The summed E-state index contributed by atoms with van der Waals surface area (Å²) in [5.41, 5.74) is 1.03. The van der Waals surface area contributed by atoms with Crippen molar-refractivity contribution in [1.82, 2.24) is 9.56 Å². The summed E-state index contributed by atoms with van der Waals surface area (Å²) in [7, 11) is 0. The van der Waals surface area contributed by atoms with Crippen molar-refractivity contribution in [3.05, 3.63) is 91.0 Å². The van der Waals surface area contributed by atoms with Gasteiger partial charge in [0.1, 0.15) is 18.1 Å². The molecule has 2 aromatic carbocycles. The summed E-state index contributed by atoms with van der Waals surface area (Å²) in [6.45, 7) is 1.69. The van der Waals surface area contributed by atoms with E-state index < -0.39 is 5.91 Å². The highest BCUT2D eigenvalue weighted by atomic mass is 35.5. The second kappa shape index (κ2) is 8.63. The van der Waals surface area contributed by atoms with Gasteiger partial charge in [0, 0.05) is 28.2 Å². The van der Waals surface area contributed by atoms with E-state index >= 15 is 0 Å². The molecular weight excluding hydrogens is 465 g/mol. The number of fused-ring (bicyclic) bond motifs is 1. The van der Waals surface area contributed by atoms with Gasteiger partial charge in [0.15, 0.2) is 5.65 Å². The Morgan fingerprint density at radius 3 is 2.61 bits per heavy atom. The first-order chi connectivity index (χ1) is 14.8. The molecule has 7 nitrogen and oxygen atoms in total. The summed E-state index contributed by atoms with van der Waals surface area (Å²) >= 11 is 18.1. The van der Waals surface area contributed by atoms with Crippen molar-refractivity contribution in [2.75, 3.05) is 5.32 Å². The largest absolute Gasteiger partial charge is 0.485 e. The van der Waals surface area contributed by atoms with Crippen LogP contribution in [0.3, 0.4) is 0 Å². The molecule has 0 spiro atoms. The lowest BCUT2D eigenvalue weighted by Crippen LogP contribution is -2.15. The van der Waals surface area contributed by atoms with Crippen molar-refractivity contribution in [1.29, 1.82) is 0 Å². The molecule has 1 amide bonds. The van der Waals surface area contributed by atoms with Crippen molar-refractivity contribution >= 4 is 52.0 Å². The number of hydrogen-bond acceptors (Lipinski definition) is 5. The van der Waals surface area contributed by atoms with E-state index in [1.807, 2.05) is 0 Å². The Hall–Kier alpha value is -3.00. The van der Waals surface area contributed by atoms with Gasteiger partial charge in [-0.1, -0.05) is 34.8 Å². The van der Waals surface area contributed by atoms with E-state index in [9.17, 15) is 9.59 Å². The van der Waals surface area contributed by atoms with Crippen LogP contribution in [0.15, 0.2) is 57.8 Å². The Balaban J connectivity index is 1.57. The average Bonchev–Trinajstić information content (AvgIpc) is 3.09. The molecule has 158 valence electrons. The topological polar surface area (TPSA) is 85.8 Å². The first-order valence-electron chi connectivity index (χ1n) is 8.98. The van der Waals surface area contributed by atoms with Gasteiger partial charge in [-0.25, -0.2) is 4.98 Å². The number of aromatic nitrogens is 2. The molecule has 0 fully saturated rings. The van der Waals surface area contributed by atoms with Crippen molar-refractivity contribution in [2.24, 2.45) is 0 Å².